The highest BCUT2D eigenvalue weighted by Gasteiger charge is 2.06. The third kappa shape index (κ3) is 2.65. The van der Waals surface area contributed by atoms with Gasteiger partial charge in [-0.05, 0) is 24.3 Å². The molecular formula is C10H14N2O2. The minimum Gasteiger partial charge on any atom is -0.468 e. The predicted octanol–water partition coefficient (Wildman–Crippen LogP) is 0.878. The average Bonchev–Trinajstić information content (AvgIpc) is 2.18. The molecule has 0 heterocycles. The highest BCUT2D eigenvalue weighted by molar-refractivity contribution is 5.75. The summed E-state index contributed by atoms with van der Waals surface area (Å²) in [5, 5.41) is 0. The van der Waals surface area contributed by atoms with Gasteiger partial charge < -0.3 is 15.4 Å². The molecule has 0 aliphatic rings. The summed E-state index contributed by atoms with van der Waals surface area (Å²) in [6, 6.07) is 7.31. The summed E-state index contributed by atoms with van der Waals surface area (Å²) in [5.41, 5.74) is 7.19. The zero-order valence-corrected chi connectivity index (χ0v) is 8.36. The van der Waals surface area contributed by atoms with Crippen molar-refractivity contribution >= 4 is 17.3 Å². The van der Waals surface area contributed by atoms with Gasteiger partial charge in [0.15, 0.2) is 0 Å². The quantitative estimate of drug-likeness (QED) is 0.573. The van der Waals surface area contributed by atoms with Gasteiger partial charge in [-0.2, -0.15) is 0 Å². The van der Waals surface area contributed by atoms with Gasteiger partial charge in [-0.25, -0.2) is 0 Å². The molecule has 0 aliphatic carbocycles. The summed E-state index contributed by atoms with van der Waals surface area (Å²) in [5.74, 6) is -0.260. The zero-order chi connectivity index (χ0) is 10.6. The molecule has 0 amide bonds. The van der Waals surface area contributed by atoms with Crippen LogP contribution >= 0.6 is 0 Å². The Labute approximate surface area is 83.3 Å². The van der Waals surface area contributed by atoms with Crippen LogP contribution in [0.2, 0.25) is 0 Å². The van der Waals surface area contributed by atoms with Gasteiger partial charge in [0.25, 0.3) is 0 Å². The lowest BCUT2D eigenvalue weighted by Crippen LogP contribution is -2.26. The highest BCUT2D eigenvalue weighted by atomic mass is 16.5. The summed E-state index contributed by atoms with van der Waals surface area (Å²) in [7, 11) is 3.20. The third-order valence-electron chi connectivity index (χ3n) is 1.93. The third-order valence-corrected chi connectivity index (χ3v) is 1.93. The number of nitrogens with zero attached hydrogens (tertiary/aromatic N) is 1. The lowest BCUT2D eigenvalue weighted by molar-refractivity contribution is -0.138. The Morgan fingerprint density at radius 2 is 2.00 bits per heavy atom. The van der Waals surface area contributed by atoms with E-state index in [4.69, 9.17) is 5.73 Å². The minimum atomic E-state index is -0.260. The lowest BCUT2D eigenvalue weighted by Gasteiger charge is -2.17. The van der Waals surface area contributed by atoms with E-state index in [-0.39, 0.29) is 12.5 Å². The van der Waals surface area contributed by atoms with E-state index < -0.39 is 0 Å². The van der Waals surface area contributed by atoms with Crippen LogP contribution in [0, 0.1) is 0 Å². The van der Waals surface area contributed by atoms with Crippen LogP contribution in [0.3, 0.4) is 0 Å². The van der Waals surface area contributed by atoms with Crippen LogP contribution in [0.5, 0.6) is 0 Å². The number of nitrogens with two attached hydrogens (primary N) is 1. The summed E-state index contributed by atoms with van der Waals surface area (Å²) in [4.78, 5) is 12.8. The number of rotatable bonds is 3. The van der Waals surface area contributed by atoms with Crippen molar-refractivity contribution in [3.05, 3.63) is 24.3 Å². The second-order valence-electron chi connectivity index (χ2n) is 3.02. The number of nitrogen functional groups attached to an aromatic ring is 1. The minimum absolute atomic E-state index is 0.237. The second kappa shape index (κ2) is 4.50. The van der Waals surface area contributed by atoms with Crippen molar-refractivity contribution in [2.75, 3.05) is 31.3 Å². The molecule has 0 saturated heterocycles. The molecule has 0 aliphatic heterocycles. The summed E-state index contributed by atoms with van der Waals surface area (Å²) in [6.45, 7) is 0.237. The first-order valence-electron chi connectivity index (χ1n) is 4.27. The van der Waals surface area contributed by atoms with E-state index in [9.17, 15) is 4.79 Å². The molecule has 4 heteroatoms. The number of carbonyl (C=O) groups is 1. The molecule has 4 nitrogen and oxygen atoms in total. The summed E-state index contributed by atoms with van der Waals surface area (Å²) >= 11 is 0. The van der Waals surface area contributed by atoms with Gasteiger partial charge in [-0.3, -0.25) is 4.79 Å². The Bertz CT molecular complexity index is 308. The molecule has 0 unspecified atom stereocenters. The Morgan fingerprint density at radius 1 is 1.43 bits per heavy atom. The lowest BCUT2D eigenvalue weighted by atomic mass is 10.2. The average molecular weight is 194 g/mol. The number of benzene rings is 1. The van der Waals surface area contributed by atoms with E-state index >= 15 is 0 Å². The van der Waals surface area contributed by atoms with Gasteiger partial charge in [0.2, 0.25) is 0 Å². The normalized spacial score (nSPS) is 9.57. The number of hydrogen-bond acceptors (Lipinski definition) is 4. The van der Waals surface area contributed by atoms with Crippen molar-refractivity contribution in [1.82, 2.24) is 0 Å². The van der Waals surface area contributed by atoms with Crippen LogP contribution in [0.4, 0.5) is 11.4 Å². The molecule has 2 N–H and O–H groups in total. The van der Waals surface area contributed by atoms with Gasteiger partial charge in [-0.1, -0.05) is 0 Å². The standard InChI is InChI=1S/C10H14N2O2/c1-12(7-10(13)14-2)9-5-3-8(11)4-6-9/h3-6H,7,11H2,1-2H3. The first-order valence-corrected chi connectivity index (χ1v) is 4.27. The monoisotopic (exact) mass is 194 g/mol. The van der Waals surface area contributed by atoms with Crippen LogP contribution < -0.4 is 10.6 Å². The molecule has 0 fully saturated rings. The number of carbonyl (C=O) groups excluding carboxylic acids is 1. The van der Waals surface area contributed by atoms with E-state index in [1.807, 2.05) is 19.2 Å². The molecule has 1 aromatic rings. The van der Waals surface area contributed by atoms with Crippen LogP contribution in [-0.4, -0.2) is 26.7 Å². The molecule has 0 saturated carbocycles. The topological polar surface area (TPSA) is 55.6 Å². The van der Waals surface area contributed by atoms with E-state index in [1.54, 1.807) is 17.0 Å². The Kier molecular flexibility index (Phi) is 3.34. The summed E-state index contributed by atoms with van der Waals surface area (Å²) in [6.07, 6.45) is 0. The maximum Gasteiger partial charge on any atom is 0.325 e. The molecule has 0 bridgehead atoms. The van der Waals surface area contributed by atoms with E-state index in [0.29, 0.717) is 5.69 Å². The number of methoxy groups -OCH3 is 1. The highest BCUT2D eigenvalue weighted by Crippen LogP contribution is 2.14. The molecule has 14 heavy (non-hydrogen) atoms. The molecule has 0 atom stereocenters. The van der Waals surface area contributed by atoms with Gasteiger partial charge >= 0.3 is 5.97 Å². The SMILES string of the molecule is COC(=O)CN(C)c1ccc(N)cc1. The van der Waals surface area contributed by atoms with E-state index in [0.717, 1.165) is 5.69 Å². The zero-order valence-electron chi connectivity index (χ0n) is 8.36. The Balaban J connectivity index is 2.65. The molecule has 1 aromatic carbocycles. The smallest absolute Gasteiger partial charge is 0.325 e. The van der Waals surface area contributed by atoms with Crippen LogP contribution in [0.15, 0.2) is 24.3 Å². The molecule has 0 spiro atoms. The fraction of sp³-hybridized carbons (Fsp3) is 0.300. The molecule has 0 aromatic heterocycles. The number of hydrogen-bond donors (Lipinski definition) is 1. The maximum atomic E-state index is 11.0. The first kappa shape index (κ1) is 10.4. The van der Waals surface area contributed by atoms with Gasteiger partial charge in [0.1, 0.15) is 6.54 Å². The fourth-order valence-electron chi connectivity index (χ4n) is 1.08. The van der Waals surface area contributed by atoms with Crippen molar-refractivity contribution < 1.29 is 9.53 Å². The molecule has 76 valence electrons. The summed E-state index contributed by atoms with van der Waals surface area (Å²) < 4.78 is 4.56. The van der Waals surface area contributed by atoms with Crippen molar-refractivity contribution in [2.24, 2.45) is 0 Å². The maximum absolute atomic E-state index is 11.0. The molecule has 1 rings (SSSR count). The van der Waals surface area contributed by atoms with Crippen LogP contribution in [0.1, 0.15) is 0 Å². The number of anilines is 2. The van der Waals surface area contributed by atoms with Crippen molar-refractivity contribution in [3.8, 4) is 0 Å². The largest absolute Gasteiger partial charge is 0.468 e. The van der Waals surface area contributed by atoms with Gasteiger partial charge in [-0.15, -0.1) is 0 Å². The van der Waals surface area contributed by atoms with E-state index in [2.05, 4.69) is 4.74 Å². The van der Waals surface area contributed by atoms with Crippen LogP contribution in [0.25, 0.3) is 0 Å². The predicted molar refractivity (Wildman–Crippen MR) is 56.1 cm³/mol. The second-order valence-corrected chi connectivity index (χ2v) is 3.02. The van der Waals surface area contributed by atoms with Crippen molar-refractivity contribution in [3.63, 3.8) is 0 Å². The van der Waals surface area contributed by atoms with Gasteiger partial charge in [0, 0.05) is 18.4 Å². The van der Waals surface area contributed by atoms with Crippen LogP contribution in [-0.2, 0) is 9.53 Å². The van der Waals surface area contributed by atoms with Crippen molar-refractivity contribution in [1.29, 1.82) is 0 Å². The molecule has 0 radical (unpaired) electrons. The Hall–Kier alpha value is -1.71. The first-order chi connectivity index (χ1) is 6.63. The number of ether oxygens (including phenoxy) is 1. The number of esters is 1. The Morgan fingerprint density at radius 3 is 2.50 bits per heavy atom. The van der Waals surface area contributed by atoms with E-state index in [1.165, 1.54) is 7.11 Å². The fourth-order valence-corrected chi connectivity index (χ4v) is 1.08. The number of likely N-dealkylation sites (N-methyl/N-ethyl adjacent to an activating group) is 1. The molecular weight excluding hydrogens is 180 g/mol. The van der Waals surface area contributed by atoms with Gasteiger partial charge in [0.05, 0.1) is 7.11 Å². The van der Waals surface area contributed by atoms with Crippen molar-refractivity contribution in [2.45, 2.75) is 0 Å².